The summed E-state index contributed by atoms with van der Waals surface area (Å²) in [4.78, 5) is 0. The third-order valence-corrected chi connectivity index (χ3v) is 3.18. The van der Waals surface area contributed by atoms with Gasteiger partial charge in [0.25, 0.3) is 0 Å². The Balaban J connectivity index is 2.26. The van der Waals surface area contributed by atoms with Crippen LogP contribution >= 0.6 is 0 Å². The summed E-state index contributed by atoms with van der Waals surface area (Å²) in [6, 6.07) is 7.26. The molecule has 0 spiro atoms. The van der Waals surface area contributed by atoms with Crippen LogP contribution in [0, 0.1) is 5.92 Å². The maximum Gasteiger partial charge on any atom is 0.138 e. The predicted octanol–water partition coefficient (Wildman–Crippen LogP) is 2.10. The molecule has 1 aromatic rings. The van der Waals surface area contributed by atoms with Gasteiger partial charge in [-0.2, -0.15) is 0 Å². The smallest absolute Gasteiger partial charge is 0.138 e. The molecule has 0 aromatic heterocycles. The fourth-order valence-electron chi connectivity index (χ4n) is 1.83. The van der Waals surface area contributed by atoms with E-state index < -0.39 is 5.67 Å². The largest absolute Gasteiger partial charge is 0.497 e. The Morgan fingerprint density at radius 3 is 2.73 bits per heavy atom. The molecule has 2 rings (SSSR count). The Morgan fingerprint density at radius 2 is 2.20 bits per heavy atom. The lowest BCUT2D eigenvalue weighted by Crippen LogP contribution is -2.51. The quantitative estimate of drug-likeness (QED) is 0.823. The molecule has 82 valence electrons. The highest BCUT2D eigenvalue weighted by Gasteiger charge is 2.39. The van der Waals surface area contributed by atoms with E-state index in [-0.39, 0.29) is 5.92 Å². The van der Waals surface area contributed by atoms with Gasteiger partial charge in [-0.1, -0.05) is 12.1 Å². The van der Waals surface area contributed by atoms with Gasteiger partial charge in [-0.3, -0.25) is 0 Å². The van der Waals surface area contributed by atoms with E-state index in [2.05, 4.69) is 5.32 Å². The van der Waals surface area contributed by atoms with Crippen molar-refractivity contribution >= 4 is 0 Å². The normalized spacial score (nSPS) is 20.5. The number of rotatable bonds is 3. The van der Waals surface area contributed by atoms with Gasteiger partial charge in [0.15, 0.2) is 0 Å². The molecule has 0 aliphatic carbocycles. The number of methoxy groups -OCH3 is 1. The van der Waals surface area contributed by atoms with Gasteiger partial charge < -0.3 is 10.1 Å². The van der Waals surface area contributed by atoms with E-state index in [1.165, 1.54) is 0 Å². The zero-order chi connectivity index (χ0) is 10.9. The van der Waals surface area contributed by atoms with E-state index in [1.54, 1.807) is 20.1 Å². The summed E-state index contributed by atoms with van der Waals surface area (Å²) >= 11 is 0. The molecule has 2 nitrogen and oxygen atoms in total. The van der Waals surface area contributed by atoms with E-state index in [0.717, 1.165) is 13.1 Å². The van der Waals surface area contributed by atoms with Crippen molar-refractivity contribution in [2.75, 3.05) is 20.2 Å². The van der Waals surface area contributed by atoms with Crippen molar-refractivity contribution in [2.24, 2.45) is 5.92 Å². The van der Waals surface area contributed by atoms with Gasteiger partial charge in [0, 0.05) is 19.0 Å². The van der Waals surface area contributed by atoms with Crippen molar-refractivity contribution in [3.05, 3.63) is 29.8 Å². The number of ether oxygens (including phenoxy) is 1. The van der Waals surface area contributed by atoms with Crippen LogP contribution in [0.15, 0.2) is 24.3 Å². The zero-order valence-electron chi connectivity index (χ0n) is 9.09. The summed E-state index contributed by atoms with van der Waals surface area (Å²) in [6.45, 7) is 3.15. The molecule has 1 aliphatic rings. The zero-order valence-corrected chi connectivity index (χ0v) is 9.09. The monoisotopic (exact) mass is 209 g/mol. The average molecular weight is 209 g/mol. The van der Waals surface area contributed by atoms with Crippen LogP contribution in [0.1, 0.15) is 12.5 Å². The van der Waals surface area contributed by atoms with Crippen LogP contribution in [-0.4, -0.2) is 20.2 Å². The number of alkyl halides is 1. The van der Waals surface area contributed by atoms with Crippen LogP contribution in [0.3, 0.4) is 0 Å². The summed E-state index contributed by atoms with van der Waals surface area (Å²) in [5, 5.41) is 3.09. The highest BCUT2D eigenvalue weighted by Crippen LogP contribution is 2.37. The molecule has 1 aliphatic heterocycles. The fraction of sp³-hybridized carbons (Fsp3) is 0.500. The van der Waals surface area contributed by atoms with E-state index in [9.17, 15) is 4.39 Å². The van der Waals surface area contributed by atoms with Crippen molar-refractivity contribution in [1.29, 1.82) is 0 Å². The van der Waals surface area contributed by atoms with Crippen molar-refractivity contribution in [3.8, 4) is 5.75 Å². The molecular formula is C12H16FNO. The molecule has 0 amide bonds. The van der Waals surface area contributed by atoms with Gasteiger partial charge in [0.1, 0.15) is 11.4 Å². The van der Waals surface area contributed by atoms with Crippen molar-refractivity contribution < 1.29 is 9.13 Å². The Kier molecular flexibility index (Phi) is 2.65. The highest BCUT2D eigenvalue weighted by atomic mass is 19.1. The summed E-state index contributed by atoms with van der Waals surface area (Å²) in [5.74, 6) is 0.785. The summed E-state index contributed by atoms with van der Waals surface area (Å²) in [7, 11) is 1.60. The molecule has 1 unspecified atom stereocenters. The Bertz CT molecular complexity index is 347. The van der Waals surface area contributed by atoms with Crippen molar-refractivity contribution in [1.82, 2.24) is 5.32 Å². The van der Waals surface area contributed by atoms with Gasteiger partial charge >= 0.3 is 0 Å². The molecule has 1 saturated heterocycles. The second-order valence-electron chi connectivity index (χ2n) is 4.16. The molecule has 1 aromatic carbocycles. The van der Waals surface area contributed by atoms with Crippen LogP contribution < -0.4 is 10.1 Å². The van der Waals surface area contributed by atoms with Crippen molar-refractivity contribution in [2.45, 2.75) is 12.6 Å². The van der Waals surface area contributed by atoms with Gasteiger partial charge in [-0.25, -0.2) is 4.39 Å². The maximum absolute atomic E-state index is 14.5. The lowest BCUT2D eigenvalue weighted by molar-refractivity contribution is 0.0629. The van der Waals surface area contributed by atoms with Gasteiger partial charge in [0.2, 0.25) is 0 Å². The molecule has 1 heterocycles. The van der Waals surface area contributed by atoms with Gasteiger partial charge in [-0.05, 0) is 24.6 Å². The Morgan fingerprint density at radius 1 is 1.47 bits per heavy atom. The third-order valence-electron chi connectivity index (χ3n) is 3.18. The molecule has 0 radical (unpaired) electrons. The summed E-state index contributed by atoms with van der Waals surface area (Å²) in [6.07, 6.45) is 0. The molecule has 0 bridgehead atoms. The molecular weight excluding hydrogens is 193 g/mol. The maximum atomic E-state index is 14.5. The average Bonchev–Trinajstić information content (AvgIpc) is 2.14. The van der Waals surface area contributed by atoms with E-state index >= 15 is 0 Å². The van der Waals surface area contributed by atoms with Crippen LogP contribution in [-0.2, 0) is 5.67 Å². The molecule has 3 heteroatoms. The summed E-state index contributed by atoms with van der Waals surface area (Å²) < 4.78 is 19.6. The first kappa shape index (κ1) is 10.4. The SMILES string of the molecule is COc1cccc(C(C)(F)C2CNC2)c1. The standard InChI is InChI=1S/C12H16FNO/c1-12(13,10-7-14-8-10)9-4-3-5-11(6-9)15-2/h3-6,10,14H,7-8H2,1-2H3. The first-order valence-electron chi connectivity index (χ1n) is 5.19. The predicted molar refractivity (Wildman–Crippen MR) is 57.8 cm³/mol. The molecule has 1 fully saturated rings. The first-order valence-corrected chi connectivity index (χ1v) is 5.19. The second kappa shape index (κ2) is 3.81. The van der Waals surface area contributed by atoms with Gasteiger partial charge in [-0.15, -0.1) is 0 Å². The number of hydrogen-bond acceptors (Lipinski definition) is 2. The molecule has 15 heavy (non-hydrogen) atoms. The molecule has 0 saturated carbocycles. The second-order valence-corrected chi connectivity index (χ2v) is 4.16. The van der Waals surface area contributed by atoms with Crippen LogP contribution in [0.4, 0.5) is 4.39 Å². The minimum atomic E-state index is -1.26. The van der Waals surface area contributed by atoms with Crippen LogP contribution in [0.25, 0.3) is 0 Å². The lowest BCUT2D eigenvalue weighted by atomic mass is 9.81. The van der Waals surface area contributed by atoms with Crippen LogP contribution in [0.5, 0.6) is 5.75 Å². The van der Waals surface area contributed by atoms with Crippen LogP contribution in [0.2, 0.25) is 0 Å². The highest BCUT2D eigenvalue weighted by molar-refractivity contribution is 5.33. The summed E-state index contributed by atoms with van der Waals surface area (Å²) in [5.41, 5.74) is -0.562. The van der Waals surface area contributed by atoms with Gasteiger partial charge in [0.05, 0.1) is 7.11 Å². The topological polar surface area (TPSA) is 21.3 Å². The first-order chi connectivity index (χ1) is 7.14. The third kappa shape index (κ3) is 1.84. The Hall–Kier alpha value is -1.09. The van der Waals surface area contributed by atoms with E-state index in [4.69, 9.17) is 4.74 Å². The molecule has 1 atom stereocenters. The number of benzene rings is 1. The number of nitrogens with one attached hydrogen (secondary N) is 1. The molecule has 1 N–H and O–H groups in total. The number of halogens is 1. The van der Waals surface area contributed by atoms with E-state index in [1.807, 2.05) is 18.2 Å². The Labute approximate surface area is 89.4 Å². The fourth-order valence-corrected chi connectivity index (χ4v) is 1.83. The minimum absolute atomic E-state index is 0.0737. The lowest BCUT2D eigenvalue weighted by Gasteiger charge is -2.38. The minimum Gasteiger partial charge on any atom is -0.497 e. The van der Waals surface area contributed by atoms with E-state index in [0.29, 0.717) is 11.3 Å². The van der Waals surface area contributed by atoms with Crippen molar-refractivity contribution in [3.63, 3.8) is 0 Å². The number of hydrogen-bond donors (Lipinski definition) is 1.